The minimum atomic E-state index is -0.0798. The van der Waals surface area contributed by atoms with Crippen molar-refractivity contribution in [1.29, 1.82) is 0 Å². The molecule has 0 bridgehead atoms. The number of amides is 1. The summed E-state index contributed by atoms with van der Waals surface area (Å²) in [6, 6.07) is 0.430. The Morgan fingerprint density at radius 3 is 2.39 bits per heavy atom. The molecule has 0 radical (unpaired) electrons. The van der Waals surface area contributed by atoms with Crippen LogP contribution in [0, 0.1) is 0 Å². The fraction of sp³-hybridized carbons (Fsp3) is 0.933. The van der Waals surface area contributed by atoms with E-state index in [1.165, 1.54) is 19.3 Å². The number of carbonyl (C=O) groups is 1. The summed E-state index contributed by atoms with van der Waals surface area (Å²) in [6.45, 7) is 5.72. The van der Waals surface area contributed by atoms with E-state index in [9.17, 15) is 4.79 Å². The third-order valence-electron chi connectivity index (χ3n) is 3.73. The van der Waals surface area contributed by atoms with Crippen LogP contribution in [0.2, 0.25) is 0 Å². The lowest BCUT2D eigenvalue weighted by Crippen LogP contribution is -2.42. The lowest BCUT2D eigenvalue weighted by atomic mass is 9.94. The third kappa shape index (κ3) is 5.28. The summed E-state index contributed by atoms with van der Waals surface area (Å²) in [4.78, 5) is 14.1. The summed E-state index contributed by atoms with van der Waals surface area (Å²) >= 11 is 0. The van der Waals surface area contributed by atoms with Crippen molar-refractivity contribution in [3.8, 4) is 0 Å². The van der Waals surface area contributed by atoms with Crippen molar-refractivity contribution in [2.75, 3.05) is 13.2 Å². The lowest BCUT2D eigenvalue weighted by Gasteiger charge is -2.33. The minimum Gasteiger partial charge on any atom is -0.449 e. The van der Waals surface area contributed by atoms with E-state index >= 15 is 0 Å². The molecule has 0 aliphatic heterocycles. The molecular formula is C15H29NO2. The van der Waals surface area contributed by atoms with Crippen molar-refractivity contribution >= 4 is 6.09 Å². The van der Waals surface area contributed by atoms with E-state index in [4.69, 9.17) is 4.74 Å². The standard InChI is InChI=1S/C15H29NO2/c1-3-5-12-16(14-10-8-7-9-11-14)15(17)18-13-6-4-2/h14H,3-13H2,1-2H3. The molecule has 1 fully saturated rings. The van der Waals surface area contributed by atoms with Crippen molar-refractivity contribution in [3.05, 3.63) is 0 Å². The second-order valence-corrected chi connectivity index (χ2v) is 5.31. The molecule has 0 aromatic rings. The highest BCUT2D eigenvalue weighted by Crippen LogP contribution is 2.23. The fourth-order valence-electron chi connectivity index (χ4n) is 2.53. The van der Waals surface area contributed by atoms with E-state index in [2.05, 4.69) is 13.8 Å². The molecule has 1 saturated carbocycles. The van der Waals surface area contributed by atoms with Crippen LogP contribution in [0.25, 0.3) is 0 Å². The molecule has 0 spiro atoms. The average molecular weight is 255 g/mol. The van der Waals surface area contributed by atoms with Gasteiger partial charge in [-0.2, -0.15) is 0 Å². The van der Waals surface area contributed by atoms with Crippen LogP contribution in [0.4, 0.5) is 4.79 Å². The van der Waals surface area contributed by atoms with Gasteiger partial charge in [-0.1, -0.05) is 46.0 Å². The van der Waals surface area contributed by atoms with Crippen molar-refractivity contribution in [1.82, 2.24) is 4.90 Å². The topological polar surface area (TPSA) is 29.5 Å². The molecule has 0 heterocycles. The molecule has 1 aliphatic carbocycles. The number of hydrogen-bond acceptors (Lipinski definition) is 2. The number of rotatable bonds is 7. The predicted molar refractivity (Wildman–Crippen MR) is 74.7 cm³/mol. The Balaban J connectivity index is 2.44. The molecule has 0 atom stereocenters. The molecule has 0 saturated heterocycles. The van der Waals surface area contributed by atoms with Gasteiger partial charge in [0, 0.05) is 12.6 Å². The quantitative estimate of drug-likeness (QED) is 0.633. The largest absolute Gasteiger partial charge is 0.449 e. The maximum absolute atomic E-state index is 12.1. The Kier molecular flexibility index (Phi) is 7.86. The van der Waals surface area contributed by atoms with E-state index < -0.39 is 0 Å². The Morgan fingerprint density at radius 2 is 1.78 bits per heavy atom. The minimum absolute atomic E-state index is 0.0798. The van der Waals surface area contributed by atoms with Crippen molar-refractivity contribution in [3.63, 3.8) is 0 Å². The van der Waals surface area contributed by atoms with Gasteiger partial charge in [-0.25, -0.2) is 4.79 Å². The normalized spacial score (nSPS) is 16.6. The highest BCUT2D eigenvalue weighted by Gasteiger charge is 2.25. The number of hydrogen-bond donors (Lipinski definition) is 0. The maximum Gasteiger partial charge on any atom is 0.410 e. The van der Waals surface area contributed by atoms with Gasteiger partial charge < -0.3 is 9.64 Å². The van der Waals surface area contributed by atoms with Gasteiger partial charge in [0.05, 0.1) is 6.61 Å². The van der Waals surface area contributed by atoms with E-state index in [1.54, 1.807) is 0 Å². The van der Waals surface area contributed by atoms with Crippen LogP contribution in [0.1, 0.15) is 71.6 Å². The SMILES string of the molecule is CCCCOC(=O)N(CCCC)C1CCCCC1. The highest BCUT2D eigenvalue weighted by atomic mass is 16.6. The second-order valence-electron chi connectivity index (χ2n) is 5.31. The molecule has 0 unspecified atom stereocenters. The molecule has 106 valence electrons. The summed E-state index contributed by atoms with van der Waals surface area (Å²) in [5.41, 5.74) is 0. The van der Waals surface area contributed by atoms with Gasteiger partial charge in [-0.05, 0) is 25.7 Å². The monoisotopic (exact) mass is 255 g/mol. The molecule has 1 amide bonds. The van der Waals surface area contributed by atoms with Crippen LogP contribution in [0.15, 0.2) is 0 Å². The molecule has 3 heteroatoms. The summed E-state index contributed by atoms with van der Waals surface area (Å²) in [6.07, 6.45) is 10.3. The van der Waals surface area contributed by atoms with Crippen molar-refractivity contribution in [2.45, 2.75) is 77.7 Å². The van der Waals surface area contributed by atoms with Crippen LogP contribution >= 0.6 is 0 Å². The van der Waals surface area contributed by atoms with Crippen LogP contribution < -0.4 is 0 Å². The first kappa shape index (κ1) is 15.3. The Labute approximate surface area is 112 Å². The summed E-state index contributed by atoms with van der Waals surface area (Å²) in [7, 11) is 0. The zero-order chi connectivity index (χ0) is 13.2. The third-order valence-corrected chi connectivity index (χ3v) is 3.73. The number of carbonyl (C=O) groups excluding carboxylic acids is 1. The van der Waals surface area contributed by atoms with Crippen molar-refractivity contribution < 1.29 is 9.53 Å². The van der Waals surface area contributed by atoms with Crippen LogP contribution in [-0.4, -0.2) is 30.2 Å². The van der Waals surface area contributed by atoms with E-state index in [0.717, 1.165) is 45.1 Å². The Bertz CT molecular complexity index is 225. The molecular weight excluding hydrogens is 226 g/mol. The van der Waals surface area contributed by atoms with Gasteiger partial charge >= 0.3 is 6.09 Å². The first-order chi connectivity index (χ1) is 8.79. The Hall–Kier alpha value is -0.730. The number of ether oxygens (including phenoxy) is 1. The van der Waals surface area contributed by atoms with E-state index in [0.29, 0.717) is 12.6 Å². The zero-order valence-corrected chi connectivity index (χ0v) is 12.1. The van der Waals surface area contributed by atoms with Gasteiger partial charge in [0.2, 0.25) is 0 Å². The average Bonchev–Trinajstić information content (AvgIpc) is 2.41. The molecule has 0 aromatic heterocycles. The molecule has 1 rings (SSSR count). The first-order valence-corrected chi connectivity index (χ1v) is 7.73. The summed E-state index contributed by atoms with van der Waals surface area (Å²) < 4.78 is 5.38. The van der Waals surface area contributed by atoms with E-state index in [1.807, 2.05) is 4.90 Å². The molecule has 0 N–H and O–H groups in total. The van der Waals surface area contributed by atoms with Crippen LogP contribution in [0.5, 0.6) is 0 Å². The molecule has 3 nitrogen and oxygen atoms in total. The Morgan fingerprint density at radius 1 is 1.11 bits per heavy atom. The van der Waals surface area contributed by atoms with Gasteiger partial charge in [-0.3, -0.25) is 0 Å². The molecule has 18 heavy (non-hydrogen) atoms. The maximum atomic E-state index is 12.1. The fourth-order valence-corrected chi connectivity index (χ4v) is 2.53. The van der Waals surface area contributed by atoms with Gasteiger partial charge in [-0.15, -0.1) is 0 Å². The zero-order valence-electron chi connectivity index (χ0n) is 12.1. The molecule has 1 aliphatic rings. The van der Waals surface area contributed by atoms with E-state index in [-0.39, 0.29) is 6.09 Å². The number of nitrogens with zero attached hydrogens (tertiary/aromatic N) is 1. The summed E-state index contributed by atoms with van der Waals surface area (Å²) in [5.74, 6) is 0. The van der Waals surface area contributed by atoms with Gasteiger partial charge in [0.25, 0.3) is 0 Å². The second kappa shape index (κ2) is 9.23. The van der Waals surface area contributed by atoms with Gasteiger partial charge in [0.15, 0.2) is 0 Å². The van der Waals surface area contributed by atoms with Crippen LogP contribution in [-0.2, 0) is 4.74 Å². The smallest absolute Gasteiger partial charge is 0.410 e. The lowest BCUT2D eigenvalue weighted by molar-refractivity contribution is 0.0754. The predicted octanol–water partition coefficient (Wildman–Crippen LogP) is 4.36. The van der Waals surface area contributed by atoms with Crippen molar-refractivity contribution in [2.24, 2.45) is 0 Å². The number of unbranched alkanes of at least 4 members (excludes halogenated alkanes) is 2. The van der Waals surface area contributed by atoms with Gasteiger partial charge in [0.1, 0.15) is 0 Å². The van der Waals surface area contributed by atoms with Crippen LogP contribution in [0.3, 0.4) is 0 Å². The molecule has 0 aromatic carbocycles. The summed E-state index contributed by atoms with van der Waals surface area (Å²) in [5, 5.41) is 0. The first-order valence-electron chi connectivity index (χ1n) is 7.73. The highest BCUT2D eigenvalue weighted by molar-refractivity contribution is 5.68.